The zero-order valence-electron chi connectivity index (χ0n) is 10.4. The van der Waals surface area contributed by atoms with Gasteiger partial charge in [-0.15, -0.1) is 23.1 Å². The molecular weight excluding hydrogens is 280 g/mol. The van der Waals surface area contributed by atoms with E-state index in [0.717, 1.165) is 16.2 Å². The monoisotopic (exact) mass is 294 g/mol. The number of nitrogens with two attached hydrogens (primary N) is 1. The van der Waals surface area contributed by atoms with Crippen molar-refractivity contribution in [3.05, 3.63) is 46.2 Å². The molecule has 0 unspecified atom stereocenters. The minimum absolute atomic E-state index is 0.245. The molecule has 2 aromatic rings. The molecule has 0 radical (unpaired) electrons. The minimum atomic E-state index is -0.245. The molecule has 0 saturated heterocycles. The van der Waals surface area contributed by atoms with E-state index in [9.17, 15) is 4.79 Å². The number of carbonyl (C=O) groups is 1. The zero-order valence-corrected chi connectivity index (χ0v) is 12.0. The van der Waals surface area contributed by atoms with Crippen LogP contribution in [0.5, 0.6) is 5.75 Å². The highest BCUT2D eigenvalue weighted by Gasteiger charge is 2.12. The first kappa shape index (κ1) is 13.9. The van der Waals surface area contributed by atoms with Crippen molar-refractivity contribution in [2.75, 3.05) is 7.11 Å². The molecule has 1 heterocycles. The predicted octanol–water partition coefficient (Wildman–Crippen LogP) is 2.65. The average Bonchev–Trinajstić information content (AvgIpc) is 2.93. The molecule has 100 valence electrons. The lowest BCUT2D eigenvalue weighted by molar-refractivity contribution is 0.0957. The molecule has 6 heteroatoms. The van der Waals surface area contributed by atoms with Gasteiger partial charge in [-0.05, 0) is 29.1 Å². The second kappa shape index (κ2) is 6.60. The van der Waals surface area contributed by atoms with Crippen molar-refractivity contribution >= 4 is 29.0 Å². The Kier molecular flexibility index (Phi) is 4.84. The van der Waals surface area contributed by atoms with Gasteiger partial charge in [-0.2, -0.15) is 0 Å². The standard InChI is InChI=1S/C13H14N2O2S2/c1-17-10-4-2-3-5-11(10)19-8-9-6-7-18-12(9)13(16)15-14/h2-7H,8,14H2,1H3,(H,15,16). The van der Waals surface area contributed by atoms with Crippen LogP contribution in [-0.2, 0) is 5.75 Å². The number of hydrogen-bond donors (Lipinski definition) is 2. The Bertz CT molecular complexity index is 569. The van der Waals surface area contributed by atoms with Crippen molar-refractivity contribution in [3.8, 4) is 5.75 Å². The zero-order chi connectivity index (χ0) is 13.7. The van der Waals surface area contributed by atoms with E-state index in [1.165, 1.54) is 11.3 Å². The molecular formula is C13H14N2O2S2. The molecule has 2 rings (SSSR count). The van der Waals surface area contributed by atoms with Crippen molar-refractivity contribution in [3.63, 3.8) is 0 Å². The van der Waals surface area contributed by atoms with E-state index >= 15 is 0 Å². The molecule has 0 spiro atoms. The molecule has 1 amide bonds. The number of thioether (sulfide) groups is 1. The maximum Gasteiger partial charge on any atom is 0.275 e. The summed E-state index contributed by atoms with van der Waals surface area (Å²) in [5, 5.41) is 1.89. The maximum atomic E-state index is 11.6. The van der Waals surface area contributed by atoms with Gasteiger partial charge >= 0.3 is 0 Å². The molecule has 3 N–H and O–H groups in total. The number of amides is 1. The number of nitrogens with one attached hydrogen (secondary N) is 1. The van der Waals surface area contributed by atoms with Crippen LogP contribution in [0.1, 0.15) is 15.2 Å². The van der Waals surface area contributed by atoms with Gasteiger partial charge < -0.3 is 4.74 Å². The van der Waals surface area contributed by atoms with E-state index in [1.807, 2.05) is 35.7 Å². The van der Waals surface area contributed by atoms with E-state index in [-0.39, 0.29) is 5.91 Å². The van der Waals surface area contributed by atoms with Crippen molar-refractivity contribution in [2.45, 2.75) is 10.6 Å². The molecule has 0 atom stereocenters. The second-order valence-corrected chi connectivity index (χ2v) is 5.62. The Morgan fingerprint density at radius 2 is 2.21 bits per heavy atom. The SMILES string of the molecule is COc1ccccc1SCc1ccsc1C(=O)NN. The lowest BCUT2D eigenvalue weighted by atomic mass is 10.3. The molecule has 0 bridgehead atoms. The molecule has 0 fully saturated rings. The first-order valence-corrected chi connectivity index (χ1v) is 7.46. The van der Waals surface area contributed by atoms with Crippen molar-refractivity contribution < 1.29 is 9.53 Å². The van der Waals surface area contributed by atoms with Gasteiger partial charge in [-0.25, -0.2) is 5.84 Å². The third-order valence-corrected chi connectivity index (χ3v) is 4.60. The summed E-state index contributed by atoms with van der Waals surface area (Å²) in [5.74, 6) is 6.46. The summed E-state index contributed by atoms with van der Waals surface area (Å²) in [5.41, 5.74) is 3.14. The summed E-state index contributed by atoms with van der Waals surface area (Å²) >= 11 is 3.02. The van der Waals surface area contributed by atoms with Gasteiger partial charge in [0.15, 0.2) is 0 Å². The third-order valence-electron chi connectivity index (χ3n) is 2.54. The smallest absolute Gasteiger partial charge is 0.275 e. The summed E-state index contributed by atoms with van der Waals surface area (Å²) in [6.45, 7) is 0. The number of hydrogen-bond acceptors (Lipinski definition) is 5. The van der Waals surface area contributed by atoms with Gasteiger partial charge in [0.05, 0.1) is 12.0 Å². The van der Waals surface area contributed by atoms with Crippen LogP contribution in [0.4, 0.5) is 0 Å². The van der Waals surface area contributed by atoms with Gasteiger partial charge in [-0.1, -0.05) is 12.1 Å². The summed E-state index contributed by atoms with van der Waals surface area (Å²) in [4.78, 5) is 13.3. The lowest BCUT2D eigenvalue weighted by Gasteiger charge is -2.07. The molecule has 19 heavy (non-hydrogen) atoms. The molecule has 4 nitrogen and oxygen atoms in total. The van der Waals surface area contributed by atoms with E-state index in [1.54, 1.807) is 18.9 Å². The summed E-state index contributed by atoms with van der Waals surface area (Å²) in [6.07, 6.45) is 0. The van der Waals surface area contributed by atoms with Crippen LogP contribution in [0.2, 0.25) is 0 Å². The van der Waals surface area contributed by atoms with Crippen molar-refractivity contribution in [1.29, 1.82) is 0 Å². The second-order valence-electron chi connectivity index (χ2n) is 3.69. The number of ether oxygens (including phenoxy) is 1. The summed E-state index contributed by atoms with van der Waals surface area (Å²) in [6, 6.07) is 9.76. The Balaban J connectivity index is 2.11. The third kappa shape index (κ3) is 3.28. The van der Waals surface area contributed by atoms with Crippen molar-refractivity contribution in [2.24, 2.45) is 5.84 Å². The Labute approximate surface area is 119 Å². The molecule has 0 saturated carbocycles. The van der Waals surface area contributed by atoms with E-state index in [0.29, 0.717) is 10.6 Å². The normalized spacial score (nSPS) is 10.2. The van der Waals surface area contributed by atoms with Crippen LogP contribution in [-0.4, -0.2) is 13.0 Å². The topological polar surface area (TPSA) is 64.3 Å². The number of para-hydroxylation sites is 1. The fourth-order valence-corrected chi connectivity index (χ4v) is 3.54. The van der Waals surface area contributed by atoms with E-state index < -0.39 is 0 Å². The van der Waals surface area contributed by atoms with E-state index in [4.69, 9.17) is 10.6 Å². The quantitative estimate of drug-likeness (QED) is 0.385. The van der Waals surface area contributed by atoms with Gasteiger partial charge in [0, 0.05) is 10.6 Å². The maximum absolute atomic E-state index is 11.6. The number of methoxy groups -OCH3 is 1. The number of carbonyl (C=O) groups excluding carboxylic acids is 1. The number of rotatable bonds is 5. The van der Waals surface area contributed by atoms with Gasteiger partial charge in [0.25, 0.3) is 5.91 Å². The first-order valence-electron chi connectivity index (χ1n) is 5.59. The molecule has 1 aromatic heterocycles. The van der Waals surface area contributed by atoms with Gasteiger partial charge in [0.1, 0.15) is 5.75 Å². The lowest BCUT2D eigenvalue weighted by Crippen LogP contribution is -2.29. The number of hydrazine groups is 1. The van der Waals surface area contributed by atoms with Crippen LogP contribution in [0.25, 0.3) is 0 Å². The highest BCUT2D eigenvalue weighted by molar-refractivity contribution is 7.98. The van der Waals surface area contributed by atoms with Crippen LogP contribution in [0, 0.1) is 0 Å². The number of thiophene rings is 1. The van der Waals surface area contributed by atoms with Gasteiger partial charge in [0.2, 0.25) is 0 Å². The Morgan fingerprint density at radius 3 is 2.95 bits per heavy atom. The minimum Gasteiger partial charge on any atom is -0.496 e. The molecule has 1 aromatic carbocycles. The predicted molar refractivity (Wildman–Crippen MR) is 78.5 cm³/mol. The molecule has 0 aliphatic rings. The Morgan fingerprint density at radius 1 is 1.42 bits per heavy atom. The number of nitrogen functional groups attached to an aromatic ring is 1. The van der Waals surface area contributed by atoms with Gasteiger partial charge in [-0.3, -0.25) is 10.2 Å². The first-order chi connectivity index (χ1) is 9.26. The fourth-order valence-electron chi connectivity index (χ4n) is 1.61. The Hall–Kier alpha value is -1.50. The van der Waals surface area contributed by atoms with Crippen molar-refractivity contribution in [1.82, 2.24) is 5.43 Å². The molecule has 0 aliphatic heterocycles. The largest absolute Gasteiger partial charge is 0.496 e. The summed E-state index contributed by atoms with van der Waals surface area (Å²) in [7, 11) is 1.65. The average molecular weight is 294 g/mol. The van der Waals surface area contributed by atoms with Crippen LogP contribution in [0.3, 0.4) is 0 Å². The van der Waals surface area contributed by atoms with E-state index in [2.05, 4.69) is 5.43 Å². The number of benzene rings is 1. The summed E-state index contributed by atoms with van der Waals surface area (Å²) < 4.78 is 5.30. The fraction of sp³-hybridized carbons (Fsp3) is 0.154. The van der Waals surface area contributed by atoms with Crippen LogP contribution in [0.15, 0.2) is 40.6 Å². The molecule has 0 aliphatic carbocycles. The van der Waals surface area contributed by atoms with Crippen LogP contribution >= 0.6 is 23.1 Å². The highest BCUT2D eigenvalue weighted by Crippen LogP contribution is 2.32. The van der Waals surface area contributed by atoms with Crippen LogP contribution < -0.4 is 16.0 Å². The highest BCUT2D eigenvalue weighted by atomic mass is 32.2.